The third-order valence-electron chi connectivity index (χ3n) is 3.63. The van der Waals surface area contributed by atoms with E-state index in [1.807, 2.05) is 4.90 Å². The van der Waals surface area contributed by atoms with E-state index >= 15 is 0 Å². The number of likely N-dealkylation sites (tertiary alicyclic amines) is 1. The van der Waals surface area contributed by atoms with Crippen molar-refractivity contribution in [3.63, 3.8) is 0 Å². The molecule has 2 aliphatic rings. The Labute approximate surface area is 101 Å². The van der Waals surface area contributed by atoms with Crippen LogP contribution in [-0.4, -0.2) is 42.0 Å². The van der Waals surface area contributed by atoms with Gasteiger partial charge in [0.15, 0.2) is 0 Å². The molecular formula is C12H20N2O3. The molecule has 1 heterocycles. The molecule has 0 aromatic rings. The van der Waals surface area contributed by atoms with Gasteiger partial charge in [-0.3, -0.25) is 9.59 Å². The Morgan fingerprint density at radius 2 is 2.12 bits per heavy atom. The van der Waals surface area contributed by atoms with Crippen molar-refractivity contribution in [1.29, 1.82) is 0 Å². The van der Waals surface area contributed by atoms with Crippen LogP contribution in [0.4, 0.5) is 0 Å². The SMILES string of the molecule is CCOC(=O)CC(=O)N1CC2CC(N)CC1C2. The van der Waals surface area contributed by atoms with Gasteiger partial charge in [0.25, 0.3) is 0 Å². The van der Waals surface area contributed by atoms with Crippen molar-refractivity contribution in [1.82, 2.24) is 4.90 Å². The number of nitrogens with two attached hydrogens (primary N) is 1. The second-order valence-corrected chi connectivity index (χ2v) is 5.01. The molecule has 17 heavy (non-hydrogen) atoms. The second kappa shape index (κ2) is 5.04. The fourth-order valence-electron chi connectivity index (χ4n) is 3.02. The average molecular weight is 240 g/mol. The number of esters is 1. The molecule has 2 rings (SSSR count). The van der Waals surface area contributed by atoms with Gasteiger partial charge in [-0.05, 0) is 32.1 Å². The summed E-state index contributed by atoms with van der Waals surface area (Å²) in [6.45, 7) is 2.82. The molecule has 5 heteroatoms. The summed E-state index contributed by atoms with van der Waals surface area (Å²) in [5.74, 6) is -0.0109. The van der Waals surface area contributed by atoms with E-state index in [4.69, 9.17) is 10.5 Å². The maximum absolute atomic E-state index is 12.0. The van der Waals surface area contributed by atoms with Gasteiger partial charge in [0.05, 0.1) is 6.61 Å². The largest absolute Gasteiger partial charge is 0.466 e. The molecule has 1 saturated carbocycles. The van der Waals surface area contributed by atoms with Crippen molar-refractivity contribution in [3.8, 4) is 0 Å². The third kappa shape index (κ3) is 2.77. The van der Waals surface area contributed by atoms with Crippen LogP contribution in [0, 0.1) is 5.92 Å². The molecule has 5 nitrogen and oxygen atoms in total. The van der Waals surface area contributed by atoms with Gasteiger partial charge >= 0.3 is 5.97 Å². The molecule has 0 radical (unpaired) electrons. The maximum Gasteiger partial charge on any atom is 0.315 e. The Morgan fingerprint density at radius 1 is 1.35 bits per heavy atom. The summed E-state index contributed by atoms with van der Waals surface area (Å²) in [6, 6.07) is 0.449. The molecule has 3 atom stereocenters. The molecule has 0 aromatic heterocycles. The third-order valence-corrected chi connectivity index (χ3v) is 3.63. The van der Waals surface area contributed by atoms with Crippen LogP contribution in [0.5, 0.6) is 0 Å². The van der Waals surface area contributed by atoms with Crippen LogP contribution in [0.3, 0.4) is 0 Å². The van der Waals surface area contributed by atoms with E-state index in [-0.39, 0.29) is 24.4 Å². The Hall–Kier alpha value is -1.10. The summed E-state index contributed by atoms with van der Waals surface area (Å²) < 4.78 is 4.79. The first kappa shape index (κ1) is 12.4. The summed E-state index contributed by atoms with van der Waals surface area (Å²) in [5.41, 5.74) is 5.94. The minimum absolute atomic E-state index is 0.106. The highest BCUT2D eigenvalue weighted by atomic mass is 16.5. The highest BCUT2D eigenvalue weighted by molar-refractivity contribution is 5.94. The fraction of sp³-hybridized carbons (Fsp3) is 0.833. The van der Waals surface area contributed by atoms with Crippen LogP contribution in [0.1, 0.15) is 32.6 Å². The van der Waals surface area contributed by atoms with E-state index in [1.54, 1.807) is 6.92 Å². The van der Waals surface area contributed by atoms with Crippen molar-refractivity contribution in [2.75, 3.05) is 13.2 Å². The number of carbonyl (C=O) groups is 2. The van der Waals surface area contributed by atoms with Gasteiger partial charge in [0.2, 0.25) is 5.91 Å². The monoisotopic (exact) mass is 240 g/mol. The van der Waals surface area contributed by atoms with E-state index in [1.165, 1.54) is 0 Å². The Morgan fingerprint density at radius 3 is 2.82 bits per heavy atom. The minimum atomic E-state index is -0.428. The Kier molecular flexibility index (Phi) is 3.66. The fourth-order valence-corrected chi connectivity index (χ4v) is 3.02. The summed E-state index contributed by atoms with van der Waals surface area (Å²) in [5, 5.41) is 0. The van der Waals surface area contributed by atoms with E-state index in [0.717, 1.165) is 25.8 Å². The lowest BCUT2D eigenvalue weighted by atomic mass is 9.87. The van der Waals surface area contributed by atoms with Gasteiger partial charge in [0.1, 0.15) is 6.42 Å². The quantitative estimate of drug-likeness (QED) is 0.568. The number of rotatable bonds is 3. The average Bonchev–Trinajstić information content (AvgIpc) is 2.54. The lowest BCUT2D eigenvalue weighted by Crippen LogP contribution is -2.39. The van der Waals surface area contributed by atoms with Gasteiger partial charge in [0, 0.05) is 18.6 Å². The lowest BCUT2D eigenvalue weighted by Gasteiger charge is -2.27. The van der Waals surface area contributed by atoms with Crippen molar-refractivity contribution < 1.29 is 14.3 Å². The molecule has 1 aliphatic carbocycles. The van der Waals surface area contributed by atoms with Gasteiger partial charge in [-0.25, -0.2) is 0 Å². The van der Waals surface area contributed by atoms with E-state index in [9.17, 15) is 9.59 Å². The zero-order valence-electron chi connectivity index (χ0n) is 10.2. The highest BCUT2D eigenvalue weighted by Gasteiger charge is 2.40. The van der Waals surface area contributed by atoms with Crippen molar-refractivity contribution in [2.24, 2.45) is 11.7 Å². The first-order valence-electron chi connectivity index (χ1n) is 6.30. The Balaban J connectivity index is 1.90. The number of nitrogens with zero attached hydrogens (tertiary/aromatic N) is 1. The summed E-state index contributed by atoms with van der Waals surface area (Å²) in [6.07, 6.45) is 2.78. The number of ether oxygens (including phenoxy) is 1. The van der Waals surface area contributed by atoms with Gasteiger partial charge < -0.3 is 15.4 Å². The standard InChI is InChI=1S/C12H20N2O3/c1-2-17-12(16)6-11(15)14-7-8-3-9(13)5-10(14)4-8/h8-10H,2-7,13H2,1H3. The zero-order chi connectivity index (χ0) is 12.4. The number of hydrogen-bond acceptors (Lipinski definition) is 4. The van der Waals surface area contributed by atoms with Crippen molar-refractivity contribution in [2.45, 2.75) is 44.7 Å². The van der Waals surface area contributed by atoms with Crippen LogP contribution in [0.25, 0.3) is 0 Å². The predicted octanol–water partition coefficient (Wildman–Crippen LogP) is 0.278. The van der Waals surface area contributed by atoms with Crippen molar-refractivity contribution in [3.05, 3.63) is 0 Å². The zero-order valence-corrected chi connectivity index (χ0v) is 10.2. The lowest BCUT2D eigenvalue weighted by molar-refractivity contribution is -0.148. The predicted molar refractivity (Wildman–Crippen MR) is 62.1 cm³/mol. The van der Waals surface area contributed by atoms with E-state index < -0.39 is 5.97 Å². The Bertz CT molecular complexity index is 319. The first-order valence-corrected chi connectivity index (χ1v) is 6.30. The minimum Gasteiger partial charge on any atom is -0.466 e. The number of fused-ring (bicyclic) bond motifs is 2. The topological polar surface area (TPSA) is 72.6 Å². The number of amides is 1. The highest BCUT2D eigenvalue weighted by Crippen LogP contribution is 2.35. The molecule has 1 saturated heterocycles. The van der Waals surface area contributed by atoms with Crippen molar-refractivity contribution >= 4 is 11.9 Å². The summed E-state index contributed by atoms with van der Waals surface area (Å²) >= 11 is 0. The van der Waals surface area contributed by atoms with E-state index in [0.29, 0.717) is 12.5 Å². The van der Waals surface area contributed by atoms with Gasteiger partial charge in [-0.15, -0.1) is 0 Å². The molecule has 3 unspecified atom stereocenters. The molecule has 0 spiro atoms. The number of hydrogen-bond donors (Lipinski definition) is 1. The van der Waals surface area contributed by atoms with Crippen LogP contribution >= 0.6 is 0 Å². The van der Waals surface area contributed by atoms with Crippen LogP contribution in [0.2, 0.25) is 0 Å². The molecule has 2 N–H and O–H groups in total. The number of carbonyl (C=O) groups excluding carboxylic acids is 2. The molecular weight excluding hydrogens is 220 g/mol. The van der Waals surface area contributed by atoms with Crippen LogP contribution < -0.4 is 5.73 Å². The maximum atomic E-state index is 12.0. The molecule has 2 bridgehead atoms. The van der Waals surface area contributed by atoms with E-state index in [2.05, 4.69) is 0 Å². The van der Waals surface area contributed by atoms with Gasteiger partial charge in [-0.2, -0.15) is 0 Å². The van der Waals surface area contributed by atoms with Crippen LogP contribution in [0.15, 0.2) is 0 Å². The normalized spacial score (nSPS) is 31.4. The summed E-state index contributed by atoms with van der Waals surface area (Å²) in [4.78, 5) is 25.1. The van der Waals surface area contributed by atoms with Gasteiger partial charge in [-0.1, -0.05) is 0 Å². The molecule has 0 aromatic carbocycles. The molecule has 1 aliphatic heterocycles. The second-order valence-electron chi connectivity index (χ2n) is 5.01. The van der Waals surface area contributed by atoms with Crippen LogP contribution in [-0.2, 0) is 14.3 Å². The summed E-state index contributed by atoms with van der Waals surface area (Å²) in [7, 11) is 0. The first-order chi connectivity index (χ1) is 8.10. The molecule has 1 amide bonds. The smallest absolute Gasteiger partial charge is 0.315 e. The molecule has 2 fully saturated rings. The molecule has 96 valence electrons.